The van der Waals surface area contributed by atoms with Crippen molar-refractivity contribution in [3.63, 3.8) is 0 Å². The average molecular weight is 375 g/mol. The molecule has 0 saturated heterocycles. The minimum Gasteiger partial charge on any atom is -0.380 e. The Hall–Kier alpha value is -2.89. The first kappa shape index (κ1) is 16.1. The number of halogens is 1. The predicted octanol–water partition coefficient (Wildman–Crippen LogP) is 5.24. The maximum Gasteiger partial charge on any atom is 0.142 e. The summed E-state index contributed by atoms with van der Waals surface area (Å²) in [4.78, 5) is 15.5. The first-order chi connectivity index (χ1) is 13.7. The van der Waals surface area contributed by atoms with E-state index in [2.05, 4.69) is 32.4 Å². The van der Waals surface area contributed by atoms with Crippen LogP contribution in [0, 0.1) is 17.7 Å². The van der Waals surface area contributed by atoms with E-state index < -0.39 is 0 Å². The van der Waals surface area contributed by atoms with E-state index in [0.717, 1.165) is 45.3 Å². The predicted molar refractivity (Wildman–Crippen MR) is 109 cm³/mol. The van der Waals surface area contributed by atoms with E-state index in [1.54, 1.807) is 0 Å². The monoisotopic (exact) mass is 375 g/mol. The maximum absolute atomic E-state index is 13.7. The molecule has 3 aliphatic carbocycles. The lowest BCUT2D eigenvalue weighted by Gasteiger charge is -2.43. The molecule has 3 heterocycles. The molecule has 1 atom stereocenters. The molecule has 28 heavy (non-hydrogen) atoms. The van der Waals surface area contributed by atoms with Crippen LogP contribution < -0.4 is 5.32 Å². The highest BCUT2D eigenvalue weighted by molar-refractivity contribution is 5.96. The highest BCUT2D eigenvalue weighted by atomic mass is 19.1. The molecular formula is C22H22FN5. The number of nitrogens with one attached hydrogen (secondary N) is 3. The lowest BCUT2D eigenvalue weighted by molar-refractivity contribution is 0.158. The van der Waals surface area contributed by atoms with Gasteiger partial charge < -0.3 is 15.3 Å². The summed E-state index contributed by atoms with van der Waals surface area (Å²) >= 11 is 0. The van der Waals surface area contributed by atoms with Gasteiger partial charge in [-0.2, -0.15) is 0 Å². The molecule has 3 aromatic heterocycles. The lowest BCUT2D eigenvalue weighted by Crippen LogP contribution is -2.40. The van der Waals surface area contributed by atoms with E-state index in [0.29, 0.717) is 11.7 Å². The molecular weight excluding hydrogens is 353 g/mol. The summed E-state index contributed by atoms with van der Waals surface area (Å²) in [5.41, 5.74) is 4.51. The number of hydrogen-bond donors (Lipinski definition) is 3. The van der Waals surface area contributed by atoms with E-state index in [4.69, 9.17) is 4.98 Å². The summed E-state index contributed by atoms with van der Waals surface area (Å²) in [6.45, 7) is 0. The van der Waals surface area contributed by atoms with Gasteiger partial charge in [0.25, 0.3) is 0 Å². The minimum absolute atomic E-state index is 0.348. The van der Waals surface area contributed by atoms with E-state index in [1.165, 1.54) is 44.4 Å². The van der Waals surface area contributed by atoms with Gasteiger partial charge in [-0.1, -0.05) is 18.9 Å². The number of hydrogen-bond acceptors (Lipinski definition) is 3. The average Bonchev–Trinajstić information content (AvgIpc) is 3.33. The van der Waals surface area contributed by atoms with Gasteiger partial charge in [0, 0.05) is 23.2 Å². The molecule has 0 radical (unpaired) electrons. The van der Waals surface area contributed by atoms with Gasteiger partial charge in [-0.15, -0.1) is 0 Å². The number of H-pyrrole nitrogens is 2. The van der Waals surface area contributed by atoms with Crippen molar-refractivity contribution >= 4 is 27.8 Å². The molecule has 0 spiro atoms. The highest BCUT2D eigenvalue weighted by Gasteiger charge is 2.35. The van der Waals surface area contributed by atoms with Crippen molar-refractivity contribution in [2.75, 3.05) is 5.32 Å². The minimum atomic E-state index is -0.348. The molecule has 5 nitrogen and oxygen atoms in total. The smallest absolute Gasteiger partial charge is 0.142 e. The Bertz CT molecular complexity index is 1170. The molecule has 142 valence electrons. The van der Waals surface area contributed by atoms with E-state index in [9.17, 15) is 4.39 Å². The van der Waals surface area contributed by atoms with Crippen LogP contribution >= 0.6 is 0 Å². The van der Waals surface area contributed by atoms with Crippen LogP contribution in [-0.4, -0.2) is 26.0 Å². The quantitative estimate of drug-likeness (QED) is 0.459. The summed E-state index contributed by atoms with van der Waals surface area (Å²) in [7, 11) is 0. The zero-order valence-corrected chi connectivity index (χ0v) is 15.5. The van der Waals surface area contributed by atoms with Crippen LogP contribution in [0.2, 0.25) is 0 Å². The molecule has 6 heteroatoms. The van der Waals surface area contributed by atoms with Gasteiger partial charge in [-0.3, -0.25) is 0 Å². The molecule has 3 aliphatic rings. The molecule has 3 saturated carbocycles. The summed E-state index contributed by atoms with van der Waals surface area (Å²) in [6, 6.07) is 8.26. The SMILES string of the molecule is Fc1cnc2[nH]cc(-c3nc4c(NC5CC6CCC5CC6)cccc4[nH]3)c2c1. The van der Waals surface area contributed by atoms with Gasteiger partial charge in [0.2, 0.25) is 0 Å². The normalized spacial score (nSPS) is 24.2. The second-order valence-electron chi connectivity index (χ2n) is 8.31. The lowest BCUT2D eigenvalue weighted by atomic mass is 9.68. The summed E-state index contributed by atoms with van der Waals surface area (Å²) in [5.74, 6) is 2.04. The van der Waals surface area contributed by atoms with Crippen LogP contribution in [-0.2, 0) is 0 Å². The Kier molecular flexibility index (Phi) is 3.48. The summed E-state index contributed by atoms with van der Waals surface area (Å²) in [6.07, 6.45) is 9.81. The number of rotatable bonds is 3. The number of para-hydroxylation sites is 1. The Morgan fingerprint density at radius 2 is 2.04 bits per heavy atom. The van der Waals surface area contributed by atoms with Gasteiger partial charge in [0.05, 0.1) is 17.4 Å². The Morgan fingerprint density at radius 1 is 1.14 bits per heavy atom. The number of pyridine rings is 1. The third kappa shape index (κ3) is 2.51. The number of aromatic amines is 2. The first-order valence-corrected chi connectivity index (χ1v) is 10.1. The van der Waals surface area contributed by atoms with Crippen molar-refractivity contribution in [2.24, 2.45) is 11.8 Å². The Balaban J connectivity index is 1.40. The summed E-state index contributed by atoms with van der Waals surface area (Å²) in [5, 5.41) is 4.53. The molecule has 3 N–H and O–H groups in total. The number of fused-ring (bicyclic) bond motifs is 5. The van der Waals surface area contributed by atoms with Crippen molar-refractivity contribution in [2.45, 2.75) is 38.1 Å². The summed E-state index contributed by atoms with van der Waals surface area (Å²) < 4.78 is 13.7. The topological polar surface area (TPSA) is 69.4 Å². The van der Waals surface area contributed by atoms with Gasteiger partial charge in [0.1, 0.15) is 22.8 Å². The maximum atomic E-state index is 13.7. The van der Waals surface area contributed by atoms with Crippen molar-refractivity contribution < 1.29 is 4.39 Å². The standard InChI is InChI=1S/C22H22FN5/c23-14-9-15-16(11-25-21(15)24-10-14)22-27-18-3-1-2-17(20(18)28-22)26-19-8-12-4-6-13(19)7-5-12/h1-3,9-13,19,26H,4-8H2,(H,24,25)(H,27,28). The van der Waals surface area contributed by atoms with Crippen molar-refractivity contribution in [1.82, 2.24) is 19.9 Å². The number of anilines is 1. The largest absolute Gasteiger partial charge is 0.380 e. The van der Waals surface area contributed by atoms with Crippen molar-refractivity contribution in [3.05, 3.63) is 42.5 Å². The van der Waals surface area contributed by atoms with Crippen molar-refractivity contribution in [1.29, 1.82) is 0 Å². The fraction of sp³-hybridized carbons (Fsp3) is 0.364. The second kappa shape index (κ2) is 6.06. The van der Waals surface area contributed by atoms with E-state index >= 15 is 0 Å². The van der Waals surface area contributed by atoms with Crippen LogP contribution in [0.4, 0.5) is 10.1 Å². The third-order valence-electron chi connectivity index (χ3n) is 6.65. The zero-order valence-electron chi connectivity index (χ0n) is 15.5. The number of imidazole rings is 1. The molecule has 0 aliphatic heterocycles. The van der Waals surface area contributed by atoms with E-state index in [-0.39, 0.29) is 5.82 Å². The van der Waals surface area contributed by atoms with Crippen LogP contribution in [0.3, 0.4) is 0 Å². The van der Waals surface area contributed by atoms with Crippen molar-refractivity contribution in [3.8, 4) is 11.4 Å². The Morgan fingerprint density at radius 3 is 2.86 bits per heavy atom. The number of nitrogens with zero attached hydrogens (tertiary/aromatic N) is 2. The molecule has 1 aromatic carbocycles. The molecule has 0 amide bonds. The molecule has 7 rings (SSSR count). The molecule has 2 bridgehead atoms. The second-order valence-corrected chi connectivity index (χ2v) is 8.31. The van der Waals surface area contributed by atoms with Gasteiger partial charge in [-0.05, 0) is 49.3 Å². The molecule has 1 unspecified atom stereocenters. The van der Waals surface area contributed by atoms with Crippen LogP contribution in [0.15, 0.2) is 36.7 Å². The van der Waals surface area contributed by atoms with E-state index in [1.807, 2.05) is 12.3 Å². The zero-order chi connectivity index (χ0) is 18.7. The fourth-order valence-electron chi connectivity index (χ4n) is 5.20. The van der Waals surface area contributed by atoms with Crippen LogP contribution in [0.5, 0.6) is 0 Å². The number of aromatic nitrogens is 4. The van der Waals surface area contributed by atoms with Gasteiger partial charge in [0.15, 0.2) is 0 Å². The Labute approximate surface area is 161 Å². The van der Waals surface area contributed by atoms with Crippen LogP contribution in [0.1, 0.15) is 32.1 Å². The number of benzene rings is 1. The van der Waals surface area contributed by atoms with Crippen LogP contribution in [0.25, 0.3) is 33.5 Å². The van der Waals surface area contributed by atoms with Gasteiger partial charge in [-0.25, -0.2) is 14.4 Å². The van der Waals surface area contributed by atoms with Gasteiger partial charge >= 0.3 is 0 Å². The highest BCUT2D eigenvalue weighted by Crippen LogP contribution is 2.43. The first-order valence-electron chi connectivity index (χ1n) is 10.1. The molecule has 4 aromatic rings. The fourth-order valence-corrected chi connectivity index (χ4v) is 5.20. The third-order valence-corrected chi connectivity index (χ3v) is 6.65. The molecule has 3 fully saturated rings.